The first-order valence-electron chi connectivity index (χ1n) is 9.84. The van der Waals surface area contributed by atoms with Crippen molar-refractivity contribution in [3.63, 3.8) is 0 Å². The second kappa shape index (κ2) is 8.64. The number of para-hydroxylation sites is 2. The Hall–Kier alpha value is -1.88. The zero-order chi connectivity index (χ0) is 18.9. The average Bonchev–Trinajstić information content (AvgIpc) is 3.00. The van der Waals surface area contributed by atoms with Gasteiger partial charge in [0.05, 0.1) is 30.8 Å². The van der Waals surface area contributed by atoms with Crippen LogP contribution in [-0.4, -0.2) is 40.8 Å². The van der Waals surface area contributed by atoms with Crippen molar-refractivity contribution in [1.29, 1.82) is 0 Å². The van der Waals surface area contributed by atoms with E-state index in [1.807, 2.05) is 0 Å². The van der Waals surface area contributed by atoms with Crippen molar-refractivity contribution >= 4 is 23.4 Å². The summed E-state index contributed by atoms with van der Waals surface area (Å²) in [6, 6.07) is 17.5. The van der Waals surface area contributed by atoms with Crippen molar-refractivity contribution in [2.75, 3.05) is 26.3 Å². The summed E-state index contributed by atoms with van der Waals surface area (Å²) in [4.78, 5) is 7.37. The quantitative estimate of drug-likeness (QED) is 0.640. The third-order valence-electron chi connectivity index (χ3n) is 5.36. The van der Waals surface area contributed by atoms with Gasteiger partial charge in [0.1, 0.15) is 5.82 Å². The van der Waals surface area contributed by atoms with Crippen molar-refractivity contribution in [3.8, 4) is 0 Å². The van der Waals surface area contributed by atoms with Crippen LogP contribution in [0.2, 0.25) is 0 Å². The van der Waals surface area contributed by atoms with Crippen molar-refractivity contribution in [2.24, 2.45) is 0 Å². The molecule has 150 valence electrons. The van der Waals surface area contributed by atoms with Gasteiger partial charge < -0.3 is 9.30 Å². The van der Waals surface area contributed by atoms with Gasteiger partial charge >= 0.3 is 0 Å². The third kappa shape index (κ3) is 4.57. The molecule has 1 fully saturated rings. The molecule has 0 unspecified atom stereocenters. The number of aromatic nitrogens is 2. The first-order valence-corrected chi connectivity index (χ1v) is 9.84. The fourth-order valence-corrected chi connectivity index (χ4v) is 3.67. The van der Waals surface area contributed by atoms with E-state index in [4.69, 9.17) is 9.72 Å². The van der Waals surface area contributed by atoms with Crippen molar-refractivity contribution in [2.45, 2.75) is 39.3 Å². The molecule has 1 aliphatic rings. The van der Waals surface area contributed by atoms with Gasteiger partial charge in [-0.05, 0) is 28.7 Å². The van der Waals surface area contributed by atoms with E-state index in [-0.39, 0.29) is 17.8 Å². The van der Waals surface area contributed by atoms with E-state index in [1.165, 1.54) is 16.6 Å². The van der Waals surface area contributed by atoms with Gasteiger partial charge in [0.2, 0.25) is 0 Å². The highest BCUT2D eigenvalue weighted by atomic mass is 35.5. The number of rotatable bonds is 4. The van der Waals surface area contributed by atoms with E-state index in [2.05, 4.69) is 78.8 Å². The molecule has 3 aromatic rings. The summed E-state index contributed by atoms with van der Waals surface area (Å²) in [6.07, 6.45) is 0. The van der Waals surface area contributed by atoms with E-state index in [1.54, 1.807) is 0 Å². The summed E-state index contributed by atoms with van der Waals surface area (Å²) in [5.74, 6) is 1.14. The number of fused-ring (bicyclic) bond motifs is 1. The number of imidazole rings is 1. The SMILES string of the molecule is CC(C)(C)c1ccc(Cn2c(CN3CCOCC3)nc3ccccc32)cc1.Cl. The summed E-state index contributed by atoms with van der Waals surface area (Å²) in [6.45, 7) is 12.1. The Labute approximate surface area is 173 Å². The molecule has 0 amide bonds. The molecule has 1 aliphatic heterocycles. The van der Waals surface area contributed by atoms with Crippen molar-refractivity contribution in [3.05, 3.63) is 65.5 Å². The maximum Gasteiger partial charge on any atom is 0.124 e. The summed E-state index contributed by atoms with van der Waals surface area (Å²) < 4.78 is 7.86. The van der Waals surface area contributed by atoms with Crippen LogP contribution in [0.3, 0.4) is 0 Å². The summed E-state index contributed by atoms with van der Waals surface area (Å²) in [7, 11) is 0. The van der Waals surface area contributed by atoms with Crippen LogP contribution >= 0.6 is 12.4 Å². The lowest BCUT2D eigenvalue weighted by molar-refractivity contribution is 0.0327. The molecule has 2 aromatic carbocycles. The second-order valence-electron chi connectivity index (χ2n) is 8.44. The molecule has 4 rings (SSSR count). The Bertz CT molecular complexity index is 906. The molecule has 0 saturated carbocycles. The Morgan fingerprint density at radius 2 is 1.61 bits per heavy atom. The van der Waals surface area contributed by atoms with E-state index in [0.29, 0.717) is 0 Å². The minimum Gasteiger partial charge on any atom is -0.379 e. The third-order valence-corrected chi connectivity index (χ3v) is 5.36. The van der Waals surface area contributed by atoms with Crippen molar-refractivity contribution in [1.82, 2.24) is 14.5 Å². The number of nitrogens with zero attached hydrogens (tertiary/aromatic N) is 3. The first kappa shape index (κ1) is 20.8. The van der Waals surface area contributed by atoms with Gasteiger partial charge in [-0.25, -0.2) is 4.98 Å². The smallest absolute Gasteiger partial charge is 0.124 e. The van der Waals surface area contributed by atoms with Gasteiger partial charge in [0.15, 0.2) is 0 Å². The Kier molecular flexibility index (Phi) is 6.43. The van der Waals surface area contributed by atoms with Crippen LogP contribution in [0, 0.1) is 0 Å². The molecule has 4 nitrogen and oxygen atoms in total. The minimum absolute atomic E-state index is 0. The standard InChI is InChI=1S/C23H29N3O.ClH/c1-23(2,3)19-10-8-18(9-11-19)16-26-21-7-5-4-6-20(21)24-22(26)17-25-12-14-27-15-13-25;/h4-11H,12-17H2,1-3H3;1H. The maximum absolute atomic E-state index is 5.49. The van der Waals surface area contributed by atoms with Gasteiger partial charge in [-0.3, -0.25) is 4.90 Å². The lowest BCUT2D eigenvalue weighted by Crippen LogP contribution is -2.36. The number of hydrogen-bond donors (Lipinski definition) is 0. The highest BCUT2D eigenvalue weighted by Gasteiger charge is 2.17. The van der Waals surface area contributed by atoms with Crippen LogP contribution in [0.15, 0.2) is 48.5 Å². The molecule has 0 aliphatic carbocycles. The van der Waals surface area contributed by atoms with Crippen LogP contribution < -0.4 is 0 Å². The van der Waals surface area contributed by atoms with E-state index < -0.39 is 0 Å². The molecule has 0 bridgehead atoms. The number of morpholine rings is 1. The molecular formula is C23H30ClN3O. The van der Waals surface area contributed by atoms with Gasteiger partial charge in [-0.2, -0.15) is 0 Å². The number of hydrogen-bond acceptors (Lipinski definition) is 3. The predicted molar refractivity (Wildman–Crippen MR) is 117 cm³/mol. The molecule has 0 spiro atoms. The second-order valence-corrected chi connectivity index (χ2v) is 8.44. The lowest BCUT2D eigenvalue weighted by atomic mass is 9.87. The molecular weight excluding hydrogens is 370 g/mol. The van der Waals surface area contributed by atoms with Gasteiger partial charge in [-0.1, -0.05) is 57.2 Å². The molecule has 0 N–H and O–H groups in total. The summed E-state index contributed by atoms with van der Waals surface area (Å²) in [5, 5.41) is 0. The molecule has 1 aromatic heterocycles. The Morgan fingerprint density at radius 3 is 2.29 bits per heavy atom. The fraction of sp³-hybridized carbons (Fsp3) is 0.435. The largest absolute Gasteiger partial charge is 0.379 e. The molecule has 0 radical (unpaired) electrons. The van der Waals surface area contributed by atoms with E-state index in [9.17, 15) is 0 Å². The highest BCUT2D eigenvalue weighted by Crippen LogP contribution is 2.24. The molecule has 1 saturated heterocycles. The van der Waals surface area contributed by atoms with Gasteiger partial charge in [-0.15, -0.1) is 12.4 Å². The van der Waals surface area contributed by atoms with Crippen LogP contribution in [0.1, 0.15) is 37.7 Å². The summed E-state index contributed by atoms with van der Waals surface area (Å²) in [5.41, 5.74) is 5.15. The van der Waals surface area contributed by atoms with Crippen molar-refractivity contribution < 1.29 is 4.74 Å². The first-order chi connectivity index (χ1) is 13.0. The maximum atomic E-state index is 5.49. The molecule has 0 atom stereocenters. The van der Waals surface area contributed by atoms with Crippen LogP contribution in [0.4, 0.5) is 0 Å². The number of halogens is 1. The van der Waals surface area contributed by atoms with Crippen LogP contribution in [0.5, 0.6) is 0 Å². The normalized spacial score (nSPS) is 15.5. The molecule has 28 heavy (non-hydrogen) atoms. The van der Waals surface area contributed by atoms with Gasteiger partial charge in [0, 0.05) is 19.6 Å². The predicted octanol–water partition coefficient (Wildman–Crippen LogP) is 4.64. The monoisotopic (exact) mass is 399 g/mol. The zero-order valence-electron chi connectivity index (χ0n) is 17.0. The average molecular weight is 400 g/mol. The van der Waals surface area contributed by atoms with E-state index in [0.717, 1.165) is 50.7 Å². The zero-order valence-corrected chi connectivity index (χ0v) is 17.8. The van der Waals surface area contributed by atoms with E-state index >= 15 is 0 Å². The van der Waals surface area contributed by atoms with Crippen LogP contribution in [0.25, 0.3) is 11.0 Å². The topological polar surface area (TPSA) is 30.3 Å². The highest BCUT2D eigenvalue weighted by molar-refractivity contribution is 5.85. The number of benzene rings is 2. The Balaban J connectivity index is 0.00000225. The van der Waals surface area contributed by atoms with Gasteiger partial charge in [0.25, 0.3) is 0 Å². The lowest BCUT2D eigenvalue weighted by Gasteiger charge is -2.26. The fourth-order valence-electron chi connectivity index (χ4n) is 3.67. The molecule has 5 heteroatoms. The summed E-state index contributed by atoms with van der Waals surface area (Å²) >= 11 is 0. The molecule has 2 heterocycles. The number of ether oxygens (including phenoxy) is 1. The Morgan fingerprint density at radius 1 is 0.929 bits per heavy atom. The minimum atomic E-state index is 0. The van der Waals surface area contributed by atoms with Crippen LogP contribution in [-0.2, 0) is 23.2 Å².